The number of benzene rings is 2. The van der Waals surface area contributed by atoms with Gasteiger partial charge in [-0.2, -0.15) is 0 Å². The van der Waals surface area contributed by atoms with Crippen LogP contribution in [0.4, 0.5) is 5.69 Å². The molecule has 0 aliphatic carbocycles. The van der Waals surface area contributed by atoms with E-state index in [0.29, 0.717) is 17.2 Å². The Labute approximate surface area is 144 Å². The SMILES string of the molecule is CN(C(=O)c1ccc(-c2nnc3ncccn23)cc1)c1ccccc1. The van der Waals surface area contributed by atoms with Crippen molar-refractivity contribution in [2.24, 2.45) is 0 Å². The van der Waals surface area contributed by atoms with E-state index in [2.05, 4.69) is 15.2 Å². The van der Waals surface area contributed by atoms with Crippen LogP contribution in [0.15, 0.2) is 73.1 Å². The van der Waals surface area contributed by atoms with Crippen LogP contribution in [0.1, 0.15) is 10.4 Å². The number of hydrogen-bond acceptors (Lipinski definition) is 4. The Morgan fingerprint density at radius 2 is 1.72 bits per heavy atom. The maximum absolute atomic E-state index is 12.6. The van der Waals surface area contributed by atoms with Gasteiger partial charge in [-0.15, -0.1) is 10.2 Å². The highest BCUT2D eigenvalue weighted by molar-refractivity contribution is 6.05. The van der Waals surface area contributed by atoms with Gasteiger partial charge in [0.25, 0.3) is 11.7 Å². The Bertz CT molecular complexity index is 1020. The summed E-state index contributed by atoms with van der Waals surface area (Å²) in [5, 5.41) is 8.23. The molecule has 1 amide bonds. The van der Waals surface area contributed by atoms with Crippen molar-refractivity contribution in [2.45, 2.75) is 0 Å². The van der Waals surface area contributed by atoms with Crippen LogP contribution < -0.4 is 4.90 Å². The number of amides is 1. The molecule has 6 heteroatoms. The molecule has 2 heterocycles. The van der Waals surface area contributed by atoms with Crippen molar-refractivity contribution in [1.82, 2.24) is 19.6 Å². The summed E-state index contributed by atoms with van der Waals surface area (Å²) in [6.07, 6.45) is 3.54. The molecule has 122 valence electrons. The molecule has 25 heavy (non-hydrogen) atoms. The van der Waals surface area contributed by atoms with Crippen LogP contribution in [0.5, 0.6) is 0 Å². The largest absolute Gasteiger partial charge is 0.311 e. The number of rotatable bonds is 3. The zero-order chi connectivity index (χ0) is 17.2. The molecule has 0 unspecified atom stereocenters. The van der Waals surface area contributed by atoms with Crippen LogP contribution >= 0.6 is 0 Å². The first kappa shape index (κ1) is 15.0. The lowest BCUT2D eigenvalue weighted by Crippen LogP contribution is -2.26. The fourth-order valence-corrected chi connectivity index (χ4v) is 2.66. The quantitative estimate of drug-likeness (QED) is 0.579. The molecule has 6 nitrogen and oxygen atoms in total. The number of carbonyl (C=O) groups is 1. The van der Waals surface area contributed by atoms with E-state index < -0.39 is 0 Å². The maximum atomic E-state index is 12.6. The smallest absolute Gasteiger partial charge is 0.258 e. The van der Waals surface area contributed by atoms with Gasteiger partial charge in [-0.25, -0.2) is 4.98 Å². The molecule has 0 spiro atoms. The molecule has 0 radical (unpaired) electrons. The van der Waals surface area contributed by atoms with Gasteiger partial charge >= 0.3 is 0 Å². The van der Waals surface area contributed by atoms with Gasteiger partial charge < -0.3 is 4.90 Å². The molecule has 2 aromatic heterocycles. The minimum absolute atomic E-state index is 0.0643. The lowest BCUT2D eigenvalue weighted by molar-refractivity contribution is 0.0993. The summed E-state index contributed by atoms with van der Waals surface area (Å²) in [5.74, 6) is 1.17. The normalized spacial score (nSPS) is 10.8. The molecule has 0 saturated carbocycles. The van der Waals surface area contributed by atoms with Crippen LogP contribution in [0, 0.1) is 0 Å². The van der Waals surface area contributed by atoms with Gasteiger partial charge in [0.05, 0.1) is 0 Å². The van der Waals surface area contributed by atoms with Gasteiger partial charge in [-0.05, 0) is 30.3 Å². The summed E-state index contributed by atoms with van der Waals surface area (Å²) in [4.78, 5) is 18.4. The van der Waals surface area contributed by atoms with Crippen LogP contribution in [0.2, 0.25) is 0 Å². The molecule has 0 fully saturated rings. The summed E-state index contributed by atoms with van der Waals surface area (Å²) in [7, 11) is 1.77. The van der Waals surface area contributed by atoms with E-state index in [-0.39, 0.29) is 5.91 Å². The molecule has 4 aromatic rings. The zero-order valence-electron chi connectivity index (χ0n) is 13.6. The Morgan fingerprint density at radius 3 is 2.48 bits per heavy atom. The van der Waals surface area contributed by atoms with Gasteiger partial charge in [0, 0.05) is 36.3 Å². The van der Waals surface area contributed by atoms with E-state index in [1.54, 1.807) is 30.3 Å². The van der Waals surface area contributed by atoms with E-state index in [1.807, 2.05) is 59.1 Å². The van der Waals surface area contributed by atoms with Gasteiger partial charge in [-0.1, -0.05) is 30.3 Å². The fraction of sp³-hybridized carbons (Fsp3) is 0.0526. The number of hydrogen-bond donors (Lipinski definition) is 0. The van der Waals surface area contributed by atoms with E-state index in [9.17, 15) is 4.79 Å². The summed E-state index contributed by atoms with van der Waals surface area (Å²) in [5.41, 5.74) is 2.34. The van der Waals surface area contributed by atoms with E-state index >= 15 is 0 Å². The first-order chi connectivity index (χ1) is 12.2. The third kappa shape index (κ3) is 2.74. The van der Waals surface area contributed by atoms with Crippen molar-refractivity contribution in [3.8, 4) is 11.4 Å². The number of anilines is 1. The molecule has 0 saturated heterocycles. The lowest BCUT2D eigenvalue weighted by Gasteiger charge is -2.17. The molecule has 4 rings (SSSR count). The van der Waals surface area contributed by atoms with Gasteiger partial charge in [-0.3, -0.25) is 9.20 Å². The highest BCUT2D eigenvalue weighted by Gasteiger charge is 2.14. The van der Waals surface area contributed by atoms with Gasteiger partial charge in [0.15, 0.2) is 5.82 Å². The predicted octanol–water partition coefficient (Wildman–Crippen LogP) is 3.07. The van der Waals surface area contributed by atoms with Crippen LogP contribution in [-0.2, 0) is 0 Å². The molecule has 0 bridgehead atoms. The minimum Gasteiger partial charge on any atom is -0.311 e. The maximum Gasteiger partial charge on any atom is 0.258 e. The zero-order valence-corrected chi connectivity index (χ0v) is 13.6. The average molecular weight is 329 g/mol. The molecule has 2 aromatic carbocycles. The highest BCUT2D eigenvalue weighted by atomic mass is 16.2. The number of nitrogens with zero attached hydrogens (tertiary/aromatic N) is 5. The monoisotopic (exact) mass is 329 g/mol. The Balaban J connectivity index is 1.63. The topological polar surface area (TPSA) is 63.4 Å². The fourth-order valence-electron chi connectivity index (χ4n) is 2.66. The number of fused-ring (bicyclic) bond motifs is 1. The first-order valence-electron chi connectivity index (χ1n) is 7.83. The number of aromatic nitrogens is 4. The van der Waals surface area contributed by atoms with Crippen molar-refractivity contribution in [1.29, 1.82) is 0 Å². The third-order valence-corrected chi connectivity index (χ3v) is 4.03. The van der Waals surface area contributed by atoms with Crippen molar-refractivity contribution in [3.63, 3.8) is 0 Å². The second-order valence-electron chi connectivity index (χ2n) is 5.59. The molecule has 0 aliphatic rings. The number of para-hydroxylation sites is 1. The summed E-state index contributed by atoms with van der Waals surface area (Å²) >= 11 is 0. The second kappa shape index (κ2) is 6.16. The Hall–Kier alpha value is -3.54. The third-order valence-electron chi connectivity index (χ3n) is 4.03. The average Bonchev–Trinajstić information content (AvgIpc) is 3.12. The van der Waals surface area contributed by atoms with E-state index in [1.165, 1.54) is 0 Å². The second-order valence-corrected chi connectivity index (χ2v) is 5.59. The lowest BCUT2D eigenvalue weighted by atomic mass is 10.1. The minimum atomic E-state index is -0.0643. The summed E-state index contributed by atoms with van der Waals surface area (Å²) < 4.78 is 1.81. The molecular weight excluding hydrogens is 314 g/mol. The molecule has 0 atom stereocenters. The Morgan fingerprint density at radius 1 is 0.960 bits per heavy atom. The van der Waals surface area contributed by atoms with Crippen molar-refractivity contribution in [2.75, 3.05) is 11.9 Å². The standard InChI is InChI=1S/C19H15N5O/c1-23(16-6-3-2-4-7-16)18(25)15-10-8-14(9-11-15)17-21-22-19-20-12-5-13-24(17)19/h2-13H,1H3. The molecular formula is C19H15N5O. The van der Waals surface area contributed by atoms with E-state index in [4.69, 9.17) is 0 Å². The van der Waals surface area contributed by atoms with Crippen LogP contribution in [-0.4, -0.2) is 32.5 Å². The van der Waals surface area contributed by atoms with Gasteiger partial charge in [0.2, 0.25) is 0 Å². The summed E-state index contributed by atoms with van der Waals surface area (Å²) in [6, 6.07) is 18.7. The van der Waals surface area contributed by atoms with Crippen LogP contribution in [0.25, 0.3) is 17.2 Å². The number of carbonyl (C=O) groups excluding carboxylic acids is 1. The van der Waals surface area contributed by atoms with E-state index in [0.717, 1.165) is 11.3 Å². The molecule has 0 N–H and O–H groups in total. The van der Waals surface area contributed by atoms with Crippen molar-refractivity contribution < 1.29 is 4.79 Å². The van der Waals surface area contributed by atoms with Crippen molar-refractivity contribution in [3.05, 3.63) is 78.6 Å². The predicted molar refractivity (Wildman–Crippen MR) is 95.4 cm³/mol. The molecule has 0 aliphatic heterocycles. The van der Waals surface area contributed by atoms with Crippen molar-refractivity contribution >= 4 is 17.4 Å². The summed E-state index contributed by atoms with van der Waals surface area (Å²) in [6.45, 7) is 0. The van der Waals surface area contributed by atoms with Crippen LogP contribution in [0.3, 0.4) is 0 Å². The Kier molecular flexibility index (Phi) is 3.70. The van der Waals surface area contributed by atoms with Gasteiger partial charge in [0.1, 0.15) is 0 Å². The highest BCUT2D eigenvalue weighted by Crippen LogP contribution is 2.20. The first-order valence-corrected chi connectivity index (χ1v) is 7.83.